The van der Waals surface area contributed by atoms with Crippen molar-refractivity contribution in [1.82, 2.24) is 15.4 Å². The summed E-state index contributed by atoms with van der Waals surface area (Å²) in [5.41, 5.74) is -1.05. The number of nitro benzene ring substituents is 1. The molecule has 11 heteroatoms. The van der Waals surface area contributed by atoms with Crippen molar-refractivity contribution in [3.8, 4) is 0 Å². The van der Waals surface area contributed by atoms with E-state index in [0.29, 0.717) is 0 Å². The predicted octanol–water partition coefficient (Wildman–Crippen LogP) is 0.672. The van der Waals surface area contributed by atoms with Crippen LogP contribution < -0.4 is 0 Å². The Labute approximate surface area is 135 Å². The number of nitro groups is 1. The lowest BCUT2D eigenvalue weighted by molar-refractivity contribution is -0.385. The smallest absolute Gasteiger partial charge is 0.281 e. The molecule has 1 N–H and O–H groups in total. The van der Waals surface area contributed by atoms with Crippen LogP contribution in [0.1, 0.15) is 28.9 Å². The Hall–Kier alpha value is -2.95. The number of hydrogen-bond acceptors (Lipinski definition) is 8. The van der Waals surface area contributed by atoms with Crippen LogP contribution in [0.4, 0.5) is 5.69 Å². The zero-order valence-electron chi connectivity index (χ0n) is 12.6. The predicted molar refractivity (Wildman–Crippen MR) is 80.3 cm³/mol. The van der Waals surface area contributed by atoms with Crippen LogP contribution in [0.3, 0.4) is 0 Å². The maximum Gasteiger partial charge on any atom is 0.281 e. The van der Waals surface area contributed by atoms with E-state index in [1.54, 1.807) is 0 Å². The molecule has 0 saturated heterocycles. The van der Waals surface area contributed by atoms with Gasteiger partial charge in [-0.3, -0.25) is 19.7 Å². The Morgan fingerprint density at radius 1 is 1.33 bits per heavy atom. The summed E-state index contributed by atoms with van der Waals surface area (Å²) in [6.07, 6.45) is 2.06. The first-order chi connectivity index (χ1) is 11.1. The third-order valence-corrected chi connectivity index (χ3v) is 4.37. The molecule has 2 aromatic rings. The Morgan fingerprint density at radius 2 is 2.00 bits per heavy atom. The number of sulfone groups is 1. The lowest BCUT2D eigenvalue weighted by atomic mass is 9.91. The average molecular weight is 352 g/mol. The molecule has 0 radical (unpaired) electrons. The number of benzene rings is 1. The molecule has 0 amide bonds. The fraction of sp³-hybridized carbons (Fsp3) is 0.231. The minimum absolute atomic E-state index is 0.0222. The molecule has 0 spiro atoms. The molecule has 0 aliphatic heterocycles. The van der Waals surface area contributed by atoms with Crippen LogP contribution in [0.15, 0.2) is 29.3 Å². The number of ketones is 2. The first-order valence-corrected chi connectivity index (χ1v) is 8.41. The molecule has 0 bridgehead atoms. The second-order valence-corrected chi connectivity index (χ2v) is 7.03. The van der Waals surface area contributed by atoms with Crippen molar-refractivity contribution in [1.29, 1.82) is 0 Å². The molecule has 0 fully saturated rings. The fourth-order valence-electron chi connectivity index (χ4n) is 2.13. The van der Waals surface area contributed by atoms with Crippen molar-refractivity contribution in [3.05, 3.63) is 45.8 Å². The maximum atomic E-state index is 12.6. The minimum atomic E-state index is -3.69. The summed E-state index contributed by atoms with van der Waals surface area (Å²) in [6, 6.07) is 2.89. The molecule has 24 heavy (non-hydrogen) atoms. The van der Waals surface area contributed by atoms with Gasteiger partial charge in [-0.15, -0.1) is 0 Å². The Balaban J connectivity index is 2.60. The van der Waals surface area contributed by atoms with Crippen molar-refractivity contribution >= 4 is 27.1 Å². The van der Waals surface area contributed by atoms with Gasteiger partial charge in [-0.05, 0) is 19.1 Å². The summed E-state index contributed by atoms with van der Waals surface area (Å²) in [7, 11) is -3.69. The molecule has 1 atom stereocenters. The molecule has 126 valence electrons. The topological polar surface area (TPSA) is 153 Å². The Kier molecular flexibility index (Phi) is 4.55. The van der Waals surface area contributed by atoms with Gasteiger partial charge in [-0.1, -0.05) is 0 Å². The van der Waals surface area contributed by atoms with E-state index in [0.717, 1.165) is 31.4 Å². The van der Waals surface area contributed by atoms with Crippen molar-refractivity contribution in [2.75, 3.05) is 6.26 Å². The summed E-state index contributed by atoms with van der Waals surface area (Å²) < 4.78 is 23.1. The first-order valence-electron chi connectivity index (χ1n) is 6.51. The van der Waals surface area contributed by atoms with E-state index < -0.39 is 37.9 Å². The summed E-state index contributed by atoms with van der Waals surface area (Å²) in [6.45, 7) is 1.15. The minimum Gasteiger partial charge on any atom is -0.299 e. The van der Waals surface area contributed by atoms with Gasteiger partial charge in [0.15, 0.2) is 15.6 Å². The van der Waals surface area contributed by atoms with Crippen molar-refractivity contribution in [3.63, 3.8) is 0 Å². The van der Waals surface area contributed by atoms with Crippen LogP contribution in [0.5, 0.6) is 0 Å². The lowest BCUT2D eigenvalue weighted by Crippen LogP contribution is -2.21. The van der Waals surface area contributed by atoms with E-state index in [-0.39, 0.29) is 16.2 Å². The molecule has 10 nitrogen and oxygen atoms in total. The van der Waals surface area contributed by atoms with Crippen LogP contribution in [0, 0.1) is 10.1 Å². The molecular formula is C13H12N4O6S. The van der Waals surface area contributed by atoms with Gasteiger partial charge < -0.3 is 0 Å². The number of aromatic nitrogens is 3. The highest BCUT2D eigenvalue weighted by molar-refractivity contribution is 7.90. The summed E-state index contributed by atoms with van der Waals surface area (Å²) in [5.74, 6) is -2.80. The maximum absolute atomic E-state index is 12.6. The fourth-order valence-corrected chi connectivity index (χ4v) is 2.77. The van der Waals surface area contributed by atoms with Crippen LogP contribution in [-0.4, -0.2) is 46.6 Å². The monoisotopic (exact) mass is 352 g/mol. The third kappa shape index (κ3) is 3.35. The van der Waals surface area contributed by atoms with Crippen LogP contribution >= 0.6 is 0 Å². The number of hydrogen-bond donors (Lipinski definition) is 1. The number of Topliss-reactive ketones (excluding diaryl/α,β-unsaturated/α-hetero) is 2. The lowest BCUT2D eigenvalue weighted by Gasteiger charge is -2.10. The number of nitrogens with zero attached hydrogens (tertiary/aromatic N) is 3. The van der Waals surface area contributed by atoms with E-state index in [2.05, 4.69) is 15.4 Å². The molecule has 1 aromatic heterocycles. The van der Waals surface area contributed by atoms with E-state index in [1.807, 2.05) is 0 Å². The summed E-state index contributed by atoms with van der Waals surface area (Å²) >= 11 is 0. The third-order valence-electron chi connectivity index (χ3n) is 3.26. The molecule has 1 heterocycles. The number of carbonyl (C=O) groups excluding carboxylic acids is 2. The molecular weight excluding hydrogens is 340 g/mol. The van der Waals surface area contributed by atoms with Gasteiger partial charge >= 0.3 is 0 Å². The molecule has 0 saturated carbocycles. The first kappa shape index (κ1) is 17.4. The Bertz CT molecular complexity index is 920. The van der Waals surface area contributed by atoms with Crippen LogP contribution in [0.2, 0.25) is 0 Å². The van der Waals surface area contributed by atoms with E-state index in [9.17, 15) is 28.1 Å². The van der Waals surface area contributed by atoms with Crippen molar-refractivity contribution < 1.29 is 22.9 Å². The normalized spacial score (nSPS) is 12.6. The highest BCUT2D eigenvalue weighted by Crippen LogP contribution is 2.28. The number of nitrogens with one attached hydrogen (secondary N) is 1. The zero-order chi connectivity index (χ0) is 18.1. The average Bonchev–Trinajstić information content (AvgIpc) is 2.99. The number of carbonyl (C=O) groups is 2. The van der Waals surface area contributed by atoms with Gasteiger partial charge in [0.1, 0.15) is 17.4 Å². The van der Waals surface area contributed by atoms with Gasteiger partial charge in [-0.25, -0.2) is 8.42 Å². The second-order valence-electron chi connectivity index (χ2n) is 5.01. The molecule has 0 aliphatic carbocycles. The van der Waals surface area contributed by atoms with Gasteiger partial charge in [0.2, 0.25) is 0 Å². The van der Waals surface area contributed by atoms with E-state index >= 15 is 0 Å². The molecule has 2 rings (SSSR count). The SMILES string of the molecule is CC(=O)C(C(=O)c1ccc(S(C)(=O)=O)cc1[N+](=O)[O-])c1cn[nH]n1. The molecule has 0 aliphatic rings. The quantitative estimate of drug-likeness (QED) is 0.344. The zero-order valence-corrected chi connectivity index (χ0v) is 13.4. The largest absolute Gasteiger partial charge is 0.299 e. The van der Waals surface area contributed by atoms with Gasteiger partial charge in [0.25, 0.3) is 5.69 Å². The van der Waals surface area contributed by atoms with Crippen LogP contribution in [0.25, 0.3) is 0 Å². The summed E-state index contributed by atoms with van der Waals surface area (Å²) in [5, 5.41) is 20.7. The van der Waals surface area contributed by atoms with Gasteiger partial charge in [0.05, 0.1) is 21.6 Å². The van der Waals surface area contributed by atoms with Crippen LogP contribution in [-0.2, 0) is 14.6 Å². The van der Waals surface area contributed by atoms with Gasteiger partial charge in [0, 0.05) is 12.3 Å². The Morgan fingerprint density at radius 3 is 2.46 bits per heavy atom. The summed E-state index contributed by atoms with van der Waals surface area (Å²) in [4.78, 5) is 34.5. The van der Waals surface area contributed by atoms with Gasteiger partial charge in [-0.2, -0.15) is 15.4 Å². The molecule has 1 unspecified atom stereocenters. The standard InChI is InChI=1S/C13H12N4O6S/c1-7(18)12(10-6-14-16-15-10)13(19)9-4-3-8(24(2,22)23)5-11(9)17(20)21/h3-6,12H,1-2H3,(H,14,15,16). The second kappa shape index (κ2) is 6.28. The highest BCUT2D eigenvalue weighted by atomic mass is 32.2. The number of rotatable bonds is 6. The van der Waals surface area contributed by atoms with Crippen molar-refractivity contribution in [2.45, 2.75) is 17.7 Å². The van der Waals surface area contributed by atoms with E-state index in [1.165, 1.54) is 6.20 Å². The van der Waals surface area contributed by atoms with Crippen molar-refractivity contribution in [2.24, 2.45) is 0 Å². The number of H-pyrrole nitrogens is 1. The van der Waals surface area contributed by atoms with E-state index in [4.69, 9.17) is 0 Å². The molecule has 1 aromatic carbocycles. The highest BCUT2D eigenvalue weighted by Gasteiger charge is 2.33. The number of aromatic amines is 1.